The Morgan fingerprint density at radius 2 is 1.81 bits per heavy atom. The van der Waals surface area contributed by atoms with Gasteiger partial charge >= 0.3 is 0 Å². The molecule has 2 amide bonds. The first kappa shape index (κ1) is 21.2. The molecule has 0 atom stereocenters. The average molecular weight is 424 g/mol. The summed E-state index contributed by atoms with van der Waals surface area (Å²) in [6.45, 7) is 1.74. The SMILES string of the molecule is COc1ccc(C2(C(=O)Nc3ccc(N4CCCC4=O)c(OC)c3)CCOCC2)cc1. The quantitative estimate of drug-likeness (QED) is 0.768. The maximum Gasteiger partial charge on any atom is 0.235 e. The Morgan fingerprint density at radius 3 is 2.42 bits per heavy atom. The summed E-state index contributed by atoms with van der Waals surface area (Å²) < 4.78 is 16.3. The first-order chi connectivity index (χ1) is 15.1. The average Bonchev–Trinajstić information content (AvgIpc) is 3.25. The standard InChI is InChI=1S/C24H28N2O5/c1-29-19-8-5-17(6-9-19)24(11-14-31-15-12-24)23(28)25-18-7-10-20(21(16-18)30-2)26-13-3-4-22(26)27/h5-10,16H,3-4,11-15H2,1-2H3,(H,25,28). The van der Waals surface area contributed by atoms with Crippen LogP contribution in [-0.2, 0) is 19.7 Å². The van der Waals surface area contributed by atoms with Crippen LogP contribution in [0.25, 0.3) is 0 Å². The van der Waals surface area contributed by atoms with E-state index in [4.69, 9.17) is 14.2 Å². The largest absolute Gasteiger partial charge is 0.497 e. The number of amides is 2. The highest BCUT2D eigenvalue weighted by Crippen LogP contribution is 2.38. The fraction of sp³-hybridized carbons (Fsp3) is 0.417. The zero-order valence-electron chi connectivity index (χ0n) is 18.0. The number of nitrogens with zero attached hydrogens (tertiary/aromatic N) is 1. The summed E-state index contributed by atoms with van der Waals surface area (Å²) in [6, 6.07) is 13.1. The van der Waals surface area contributed by atoms with Gasteiger partial charge in [0, 0.05) is 37.9 Å². The number of rotatable bonds is 6. The maximum absolute atomic E-state index is 13.5. The van der Waals surface area contributed by atoms with Crippen molar-refractivity contribution >= 4 is 23.2 Å². The third-order valence-electron chi connectivity index (χ3n) is 6.23. The fourth-order valence-corrected chi connectivity index (χ4v) is 4.41. The van der Waals surface area contributed by atoms with Gasteiger partial charge in [0.25, 0.3) is 0 Å². The van der Waals surface area contributed by atoms with Crippen LogP contribution in [0, 0.1) is 0 Å². The van der Waals surface area contributed by atoms with Gasteiger partial charge in [0.05, 0.1) is 25.3 Å². The first-order valence-electron chi connectivity index (χ1n) is 10.6. The van der Waals surface area contributed by atoms with Gasteiger partial charge in [-0.15, -0.1) is 0 Å². The predicted octanol–water partition coefficient (Wildman–Crippen LogP) is 3.52. The molecule has 2 aromatic rings. The molecule has 2 aliphatic rings. The normalized spacial score (nSPS) is 18.0. The molecule has 164 valence electrons. The van der Waals surface area contributed by atoms with Crippen LogP contribution in [0.3, 0.4) is 0 Å². The van der Waals surface area contributed by atoms with Crippen LogP contribution < -0.4 is 19.7 Å². The van der Waals surface area contributed by atoms with E-state index in [2.05, 4.69) is 5.32 Å². The van der Waals surface area contributed by atoms with E-state index in [0.29, 0.717) is 50.5 Å². The Kier molecular flexibility index (Phi) is 6.13. The van der Waals surface area contributed by atoms with Gasteiger partial charge in [0.15, 0.2) is 0 Å². The number of benzene rings is 2. The summed E-state index contributed by atoms with van der Waals surface area (Å²) in [6.07, 6.45) is 2.59. The Balaban J connectivity index is 1.60. The van der Waals surface area contributed by atoms with E-state index in [0.717, 1.165) is 23.4 Å². The van der Waals surface area contributed by atoms with Crippen LogP contribution in [0.5, 0.6) is 11.5 Å². The zero-order chi connectivity index (χ0) is 21.8. The van der Waals surface area contributed by atoms with Crippen molar-refractivity contribution in [2.24, 2.45) is 0 Å². The lowest BCUT2D eigenvalue weighted by Gasteiger charge is -2.36. The van der Waals surface area contributed by atoms with Crippen LogP contribution >= 0.6 is 0 Å². The van der Waals surface area contributed by atoms with Crippen molar-refractivity contribution in [2.75, 3.05) is 44.2 Å². The topological polar surface area (TPSA) is 77.1 Å². The van der Waals surface area contributed by atoms with Crippen molar-refractivity contribution in [3.63, 3.8) is 0 Å². The summed E-state index contributed by atoms with van der Waals surface area (Å²) in [5.74, 6) is 1.34. The van der Waals surface area contributed by atoms with Crippen molar-refractivity contribution < 1.29 is 23.8 Å². The molecule has 1 N–H and O–H groups in total. The monoisotopic (exact) mass is 424 g/mol. The molecule has 31 heavy (non-hydrogen) atoms. The fourth-order valence-electron chi connectivity index (χ4n) is 4.41. The van der Waals surface area contributed by atoms with E-state index in [1.165, 1.54) is 0 Å². The van der Waals surface area contributed by atoms with Gasteiger partial charge in [-0.1, -0.05) is 12.1 Å². The molecule has 2 saturated heterocycles. The molecule has 0 aliphatic carbocycles. The van der Waals surface area contributed by atoms with Crippen LogP contribution in [0.4, 0.5) is 11.4 Å². The highest BCUT2D eigenvalue weighted by Gasteiger charge is 2.42. The summed E-state index contributed by atoms with van der Waals surface area (Å²) in [5.41, 5.74) is 1.64. The molecule has 0 unspecified atom stereocenters. The molecule has 0 radical (unpaired) electrons. The number of methoxy groups -OCH3 is 2. The minimum atomic E-state index is -0.679. The van der Waals surface area contributed by atoms with Gasteiger partial charge < -0.3 is 24.4 Å². The van der Waals surface area contributed by atoms with Crippen molar-refractivity contribution in [3.8, 4) is 11.5 Å². The number of anilines is 2. The van der Waals surface area contributed by atoms with Crippen molar-refractivity contribution in [3.05, 3.63) is 48.0 Å². The van der Waals surface area contributed by atoms with E-state index in [9.17, 15) is 9.59 Å². The molecule has 2 aromatic carbocycles. The van der Waals surface area contributed by atoms with Crippen molar-refractivity contribution in [2.45, 2.75) is 31.1 Å². The molecule has 0 aromatic heterocycles. The highest BCUT2D eigenvalue weighted by molar-refractivity contribution is 6.01. The Bertz CT molecular complexity index is 951. The minimum absolute atomic E-state index is 0.0759. The van der Waals surface area contributed by atoms with Gasteiger partial charge in [-0.2, -0.15) is 0 Å². The van der Waals surface area contributed by atoms with E-state index in [1.54, 1.807) is 25.2 Å². The predicted molar refractivity (Wildman–Crippen MR) is 118 cm³/mol. The lowest BCUT2D eigenvalue weighted by Crippen LogP contribution is -2.44. The number of hydrogen-bond acceptors (Lipinski definition) is 5. The number of ether oxygens (including phenoxy) is 3. The van der Waals surface area contributed by atoms with Gasteiger partial charge in [0.2, 0.25) is 11.8 Å². The van der Waals surface area contributed by atoms with Gasteiger partial charge in [0.1, 0.15) is 11.5 Å². The Labute approximate surface area is 182 Å². The van der Waals surface area contributed by atoms with E-state index in [-0.39, 0.29) is 11.8 Å². The van der Waals surface area contributed by atoms with Gasteiger partial charge in [-0.25, -0.2) is 0 Å². The maximum atomic E-state index is 13.5. The molecule has 2 heterocycles. The second-order valence-corrected chi connectivity index (χ2v) is 7.91. The molecule has 4 rings (SSSR count). The van der Waals surface area contributed by atoms with Crippen LogP contribution in [0.1, 0.15) is 31.2 Å². The zero-order valence-corrected chi connectivity index (χ0v) is 18.0. The molecule has 2 aliphatic heterocycles. The van der Waals surface area contributed by atoms with Crippen molar-refractivity contribution in [1.29, 1.82) is 0 Å². The second-order valence-electron chi connectivity index (χ2n) is 7.91. The van der Waals surface area contributed by atoms with Crippen LogP contribution in [-0.4, -0.2) is 45.8 Å². The lowest BCUT2D eigenvalue weighted by molar-refractivity contribution is -0.125. The first-order valence-corrected chi connectivity index (χ1v) is 10.6. The third-order valence-corrected chi connectivity index (χ3v) is 6.23. The van der Waals surface area contributed by atoms with Crippen molar-refractivity contribution in [1.82, 2.24) is 0 Å². The van der Waals surface area contributed by atoms with Gasteiger partial charge in [-0.05, 0) is 49.1 Å². The Hall–Kier alpha value is -3.06. The Morgan fingerprint density at radius 1 is 1.06 bits per heavy atom. The number of carbonyl (C=O) groups is 2. The van der Waals surface area contributed by atoms with Gasteiger partial charge in [-0.3, -0.25) is 9.59 Å². The highest BCUT2D eigenvalue weighted by atomic mass is 16.5. The molecule has 2 fully saturated rings. The third kappa shape index (κ3) is 4.10. The molecule has 7 heteroatoms. The van der Waals surface area contributed by atoms with Crippen LogP contribution in [0.15, 0.2) is 42.5 Å². The summed E-state index contributed by atoms with van der Waals surface area (Å²) >= 11 is 0. The molecule has 0 bridgehead atoms. The molecule has 0 spiro atoms. The number of carbonyl (C=O) groups excluding carboxylic acids is 2. The lowest BCUT2D eigenvalue weighted by atomic mass is 9.73. The molecular weight excluding hydrogens is 396 g/mol. The van der Waals surface area contributed by atoms with E-state index < -0.39 is 5.41 Å². The molecule has 0 saturated carbocycles. The smallest absolute Gasteiger partial charge is 0.235 e. The minimum Gasteiger partial charge on any atom is -0.497 e. The number of hydrogen-bond donors (Lipinski definition) is 1. The molecule has 7 nitrogen and oxygen atoms in total. The number of nitrogens with one attached hydrogen (secondary N) is 1. The molecular formula is C24H28N2O5. The summed E-state index contributed by atoms with van der Waals surface area (Å²) in [7, 11) is 3.20. The summed E-state index contributed by atoms with van der Waals surface area (Å²) in [5, 5.41) is 3.07. The van der Waals surface area contributed by atoms with Crippen LogP contribution in [0.2, 0.25) is 0 Å². The van der Waals surface area contributed by atoms with E-state index >= 15 is 0 Å². The second kappa shape index (κ2) is 8.98. The van der Waals surface area contributed by atoms with E-state index in [1.807, 2.05) is 36.4 Å². The summed E-state index contributed by atoms with van der Waals surface area (Å²) in [4.78, 5) is 27.4.